The van der Waals surface area contributed by atoms with Gasteiger partial charge in [-0.3, -0.25) is 0 Å². The van der Waals surface area contributed by atoms with Gasteiger partial charge in [0.25, 0.3) is 0 Å². The normalized spacial score (nSPS) is 24.4. The summed E-state index contributed by atoms with van der Waals surface area (Å²) in [6.45, 7) is 3.20. The molecule has 17 heavy (non-hydrogen) atoms. The van der Waals surface area contributed by atoms with Gasteiger partial charge in [-0.25, -0.2) is 0 Å². The summed E-state index contributed by atoms with van der Waals surface area (Å²) in [6.07, 6.45) is 11.6. The van der Waals surface area contributed by atoms with E-state index in [9.17, 15) is 0 Å². The van der Waals surface area contributed by atoms with Gasteiger partial charge in [0, 0.05) is 17.2 Å². The van der Waals surface area contributed by atoms with Gasteiger partial charge in [-0.2, -0.15) is 11.8 Å². The highest BCUT2D eigenvalue weighted by Gasteiger charge is 2.23. The minimum Gasteiger partial charge on any atom is -0.377 e. The molecule has 1 heterocycles. The molecule has 0 aromatic carbocycles. The smallest absolute Gasteiger partial charge is 0.0666 e. The molecule has 2 unspecified atom stereocenters. The van der Waals surface area contributed by atoms with Gasteiger partial charge in [-0.05, 0) is 31.9 Å². The monoisotopic (exact) mass is 322 g/mol. The summed E-state index contributed by atoms with van der Waals surface area (Å²) < 4.78 is 5.57. The molecule has 0 radical (unpaired) electrons. The number of alkyl halides is 1. The highest BCUT2D eigenvalue weighted by molar-refractivity contribution is 9.09. The van der Waals surface area contributed by atoms with Crippen molar-refractivity contribution >= 4 is 27.7 Å². The second-order valence-electron chi connectivity index (χ2n) is 4.94. The Hall–Kier alpha value is 0.790. The van der Waals surface area contributed by atoms with Crippen molar-refractivity contribution in [2.24, 2.45) is 0 Å². The maximum Gasteiger partial charge on any atom is 0.0666 e. The van der Waals surface area contributed by atoms with Crippen LogP contribution in [0.25, 0.3) is 0 Å². The van der Waals surface area contributed by atoms with Crippen LogP contribution in [-0.4, -0.2) is 29.0 Å². The van der Waals surface area contributed by atoms with Crippen LogP contribution in [0.3, 0.4) is 0 Å². The molecular weight excluding hydrogens is 296 g/mol. The van der Waals surface area contributed by atoms with Crippen LogP contribution < -0.4 is 0 Å². The second kappa shape index (κ2) is 10.7. The first kappa shape index (κ1) is 15.8. The Labute approximate surface area is 120 Å². The SMILES string of the molecule is CC1OCCC1SCCCCCCCCCBr. The van der Waals surface area contributed by atoms with Gasteiger partial charge in [0.2, 0.25) is 0 Å². The molecule has 0 spiro atoms. The topological polar surface area (TPSA) is 9.23 Å². The van der Waals surface area contributed by atoms with Crippen LogP contribution in [0.5, 0.6) is 0 Å². The van der Waals surface area contributed by atoms with Crippen molar-refractivity contribution in [1.82, 2.24) is 0 Å². The zero-order valence-electron chi connectivity index (χ0n) is 11.1. The van der Waals surface area contributed by atoms with Crippen LogP contribution in [0.1, 0.15) is 58.3 Å². The van der Waals surface area contributed by atoms with Gasteiger partial charge >= 0.3 is 0 Å². The average Bonchev–Trinajstić information content (AvgIpc) is 2.73. The number of hydrogen-bond acceptors (Lipinski definition) is 2. The van der Waals surface area contributed by atoms with E-state index in [4.69, 9.17) is 4.74 Å². The predicted octanol–water partition coefficient (Wildman–Crippen LogP) is 5.02. The van der Waals surface area contributed by atoms with Gasteiger partial charge < -0.3 is 4.74 Å². The molecule has 0 amide bonds. The lowest BCUT2D eigenvalue weighted by molar-refractivity contribution is 0.127. The van der Waals surface area contributed by atoms with Crippen molar-refractivity contribution in [3.63, 3.8) is 0 Å². The maximum atomic E-state index is 5.57. The number of thioether (sulfide) groups is 1. The Bertz CT molecular complexity index is 178. The third-order valence-electron chi connectivity index (χ3n) is 3.42. The van der Waals surface area contributed by atoms with Crippen LogP contribution in [0.2, 0.25) is 0 Å². The lowest BCUT2D eigenvalue weighted by atomic mass is 10.1. The number of ether oxygens (including phenoxy) is 1. The standard InChI is InChI=1S/C14H27BrOS/c1-13-14(9-11-16-13)17-12-8-6-4-2-3-5-7-10-15/h13-14H,2-12H2,1H3. The van der Waals surface area contributed by atoms with Crippen molar-refractivity contribution in [2.75, 3.05) is 17.7 Å². The first-order chi connectivity index (χ1) is 8.34. The van der Waals surface area contributed by atoms with E-state index in [-0.39, 0.29) is 0 Å². The Balaban J connectivity index is 1.78. The van der Waals surface area contributed by atoms with Gasteiger partial charge in [0.1, 0.15) is 0 Å². The largest absolute Gasteiger partial charge is 0.377 e. The number of unbranched alkanes of at least 4 members (excludes halogenated alkanes) is 6. The van der Waals surface area contributed by atoms with Crippen molar-refractivity contribution < 1.29 is 4.74 Å². The van der Waals surface area contributed by atoms with E-state index in [0.29, 0.717) is 6.10 Å². The van der Waals surface area contributed by atoms with Gasteiger partial charge in [0.15, 0.2) is 0 Å². The van der Waals surface area contributed by atoms with E-state index in [2.05, 4.69) is 34.6 Å². The molecule has 0 saturated carbocycles. The summed E-state index contributed by atoms with van der Waals surface area (Å²) in [5.41, 5.74) is 0. The van der Waals surface area contributed by atoms with E-state index in [1.165, 1.54) is 62.4 Å². The third kappa shape index (κ3) is 7.74. The van der Waals surface area contributed by atoms with Gasteiger partial charge in [-0.1, -0.05) is 48.0 Å². The molecule has 2 atom stereocenters. The summed E-state index contributed by atoms with van der Waals surface area (Å²) in [5.74, 6) is 1.33. The van der Waals surface area contributed by atoms with E-state index in [0.717, 1.165) is 11.9 Å². The van der Waals surface area contributed by atoms with E-state index in [1.807, 2.05) is 0 Å². The van der Waals surface area contributed by atoms with E-state index in [1.54, 1.807) is 0 Å². The Morgan fingerprint density at radius 2 is 1.71 bits per heavy atom. The molecular formula is C14H27BrOS. The Morgan fingerprint density at radius 3 is 2.29 bits per heavy atom. The first-order valence-electron chi connectivity index (χ1n) is 7.13. The summed E-state index contributed by atoms with van der Waals surface area (Å²) in [5, 5.41) is 1.94. The molecule has 1 saturated heterocycles. The lowest BCUT2D eigenvalue weighted by Gasteiger charge is -2.12. The van der Waals surface area contributed by atoms with Crippen LogP contribution >= 0.6 is 27.7 Å². The molecule has 0 aliphatic carbocycles. The molecule has 3 heteroatoms. The second-order valence-corrected chi connectivity index (χ2v) is 7.08. The molecule has 1 aliphatic heterocycles. The minimum absolute atomic E-state index is 0.490. The van der Waals surface area contributed by atoms with Gasteiger partial charge in [0.05, 0.1) is 6.10 Å². The molecule has 0 aromatic rings. The van der Waals surface area contributed by atoms with Crippen LogP contribution in [0.15, 0.2) is 0 Å². The Morgan fingerprint density at radius 1 is 1.06 bits per heavy atom. The number of halogens is 1. The fourth-order valence-corrected chi connectivity index (χ4v) is 3.93. The summed E-state index contributed by atoms with van der Waals surface area (Å²) in [4.78, 5) is 0. The Kier molecular flexibility index (Phi) is 9.96. The molecule has 0 bridgehead atoms. The number of rotatable bonds is 10. The van der Waals surface area contributed by atoms with E-state index < -0.39 is 0 Å². The molecule has 1 aliphatic rings. The molecule has 1 fully saturated rings. The molecule has 1 rings (SSSR count). The van der Waals surface area contributed by atoms with Gasteiger partial charge in [-0.15, -0.1) is 0 Å². The van der Waals surface area contributed by atoms with Crippen LogP contribution in [0, 0.1) is 0 Å². The average molecular weight is 323 g/mol. The maximum absolute atomic E-state index is 5.57. The molecule has 102 valence electrons. The summed E-state index contributed by atoms with van der Waals surface area (Å²) in [6, 6.07) is 0. The van der Waals surface area contributed by atoms with Crippen LogP contribution in [0.4, 0.5) is 0 Å². The molecule has 0 N–H and O–H groups in total. The number of hydrogen-bond donors (Lipinski definition) is 0. The zero-order chi connectivity index (χ0) is 12.3. The minimum atomic E-state index is 0.490. The fraction of sp³-hybridized carbons (Fsp3) is 1.00. The third-order valence-corrected chi connectivity index (χ3v) is 5.55. The highest BCUT2D eigenvalue weighted by Crippen LogP contribution is 2.27. The van der Waals surface area contributed by atoms with Crippen molar-refractivity contribution in [3.05, 3.63) is 0 Å². The zero-order valence-corrected chi connectivity index (χ0v) is 13.5. The fourth-order valence-electron chi connectivity index (χ4n) is 2.25. The summed E-state index contributed by atoms with van der Waals surface area (Å²) in [7, 11) is 0. The lowest BCUT2D eigenvalue weighted by Crippen LogP contribution is -2.13. The first-order valence-corrected chi connectivity index (χ1v) is 9.31. The van der Waals surface area contributed by atoms with Crippen molar-refractivity contribution in [1.29, 1.82) is 0 Å². The van der Waals surface area contributed by atoms with Crippen molar-refractivity contribution in [3.8, 4) is 0 Å². The van der Waals surface area contributed by atoms with E-state index >= 15 is 0 Å². The van der Waals surface area contributed by atoms with Crippen molar-refractivity contribution in [2.45, 2.75) is 69.6 Å². The quantitative estimate of drug-likeness (QED) is 0.412. The highest BCUT2D eigenvalue weighted by atomic mass is 79.9. The molecule has 1 nitrogen and oxygen atoms in total. The summed E-state index contributed by atoms with van der Waals surface area (Å²) >= 11 is 5.61. The van der Waals surface area contributed by atoms with Crippen LogP contribution in [-0.2, 0) is 4.74 Å². The molecule has 0 aromatic heterocycles. The predicted molar refractivity (Wildman–Crippen MR) is 82.4 cm³/mol.